The van der Waals surface area contributed by atoms with Gasteiger partial charge in [-0.3, -0.25) is 4.90 Å². The molecule has 2 aliphatic rings. The number of aromatic nitrogens is 3. The third-order valence-corrected chi connectivity index (χ3v) is 7.11. The average Bonchev–Trinajstić information content (AvgIpc) is 3.08. The van der Waals surface area contributed by atoms with Gasteiger partial charge >= 0.3 is 6.18 Å². The molecule has 1 aliphatic heterocycles. The summed E-state index contributed by atoms with van der Waals surface area (Å²) in [5, 5.41) is 20.5. The number of rotatable bonds is 3. The van der Waals surface area contributed by atoms with Crippen molar-refractivity contribution in [2.24, 2.45) is 5.92 Å². The minimum Gasteiger partial charge on any atom is -0.390 e. The quantitative estimate of drug-likeness (QED) is 0.779. The highest BCUT2D eigenvalue weighted by molar-refractivity contribution is 7.18. The zero-order valence-electron chi connectivity index (χ0n) is 16.2. The first kappa shape index (κ1) is 20.9. The molecule has 0 bridgehead atoms. The van der Waals surface area contributed by atoms with Crippen molar-refractivity contribution in [1.29, 1.82) is 0 Å². The molecule has 10 heteroatoms. The summed E-state index contributed by atoms with van der Waals surface area (Å²) in [5.41, 5.74) is 1.47. The number of aryl methyl sites for hydroxylation is 1. The standard InChI is InChI=1S/C19H25F3N4O2S/c1-10-23-13(8-26-7-6-14(27)15(28)9-26)16-18(24-10)29-17(25-16)11-2-4-12(5-3-11)19(20,21)22/h11-12,14-15,27-28H,2-9H2,1H3/t11?,12?,14-,15-/m1/s1. The molecule has 0 unspecified atom stereocenters. The molecule has 160 valence electrons. The molecule has 1 aliphatic carbocycles. The Hall–Kier alpha value is -1.36. The smallest absolute Gasteiger partial charge is 0.390 e. The van der Waals surface area contributed by atoms with Crippen LogP contribution in [0.15, 0.2) is 0 Å². The molecule has 2 atom stereocenters. The van der Waals surface area contributed by atoms with Crippen LogP contribution in [0.1, 0.15) is 54.5 Å². The van der Waals surface area contributed by atoms with Gasteiger partial charge in [0.05, 0.1) is 28.8 Å². The van der Waals surface area contributed by atoms with Gasteiger partial charge in [-0.15, -0.1) is 0 Å². The summed E-state index contributed by atoms with van der Waals surface area (Å²) in [5.74, 6) is -0.541. The second kappa shape index (κ2) is 8.05. The van der Waals surface area contributed by atoms with E-state index in [1.54, 1.807) is 0 Å². The summed E-state index contributed by atoms with van der Waals surface area (Å²) < 4.78 is 38.8. The van der Waals surface area contributed by atoms with E-state index in [0.717, 1.165) is 15.5 Å². The topological polar surface area (TPSA) is 82.4 Å². The molecule has 0 aromatic carbocycles. The number of aliphatic hydroxyl groups is 2. The molecular formula is C19H25F3N4O2S. The summed E-state index contributed by atoms with van der Waals surface area (Å²) >= 11 is 1.45. The van der Waals surface area contributed by atoms with Crippen LogP contribution >= 0.6 is 11.3 Å². The summed E-state index contributed by atoms with van der Waals surface area (Å²) in [4.78, 5) is 16.6. The fourth-order valence-electron chi connectivity index (χ4n) is 4.30. The van der Waals surface area contributed by atoms with Crippen molar-refractivity contribution in [1.82, 2.24) is 19.9 Å². The minimum absolute atomic E-state index is 0.0351. The largest absolute Gasteiger partial charge is 0.391 e. The molecule has 0 radical (unpaired) electrons. The molecule has 29 heavy (non-hydrogen) atoms. The maximum atomic E-state index is 12.9. The van der Waals surface area contributed by atoms with Gasteiger partial charge in [-0.2, -0.15) is 13.2 Å². The highest BCUT2D eigenvalue weighted by Crippen LogP contribution is 2.44. The lowest BCUT2D eigenvalue weighted by Crippen LogP contribution is -2.46. The molecule has 2 fully saturated rings. The second-order valence-electron chi connectivity index (χ2n) is 8.17. The second-order valence-corrected chi connectivity index (χ2v) is 9.18. The zero-order valence-corrected chi connectivity index (χ0v) is 17.0. The molecule has 2 aromatic heterocycles. The normalized spacial score (nSPS) is 29.4. The maximum Gasteiger partial charge on any atom is 0.391 e. The van der Waals surface area contributed by atoms with Crippen LogP contribution in [0.5, 0.6) is 0 Å². The molecule has 2 aromatic rings. The fraction of sp³-hybridized carbons (Fsp3) is 0.737. The van der Waals surface area contributed by atoms with E-state index < -0.39 is 24.3 Å². The molecule has 4 rings (SSSR count). The molecule has 0 amide bonds. The average molecular weight is 430 g/mol. The van der Waals surface area contributed by atoms with Gasteiger partial charge in [-0.1, -0.05) is 11.3 Å². The Morgan fingerprint density at radius 1 is 1.03 bits per heavy atom. The number of nitrogens with zero attached hydrogens (tertiary/aromatic N) is 4. The van der Waals surface area contributed by atoms with Gasteiger partial charge < -0.3 is 10.2 Å². The first-order valence-electron chi connectivity index (χ1n) is 10.00. The molecular weight excluding hydrogens is 405 g/mol. The van der Waals surface area contributed by atoms with E-state index in [9.17, 15) is 23.4 Å². The molecule has 2 N–H and O–H groups in total. The summed E-state index contributed by atoms with van der Waals surface area (Å²) in [6.07, 6.45) is -3.82. The maximum absolute atomic E-state index is 12.9. The van der Waals surface area contributed by atoms with E-state index in [4.69, 9.17) is 4.98 Å². The molecule has 6 nitrogen and oxygen atoms in total. The lowest BCUT2D eigenvalue weighted by molar-refractivity contribution is -0.182. The Morgan fingerprint density at radius 2 is 1.76 bits per heavy atom. The summed E-state index contributed by atoms with van der Waals surface area (Å²) in [6, 6.07) is 0. The van der Waals surface area contributed by atoms with Gasteiger partial charge in [0.2, 0.25) is 0 Å². The summed E-state index contributed by atoms with van der Waals surface area (Å²) in [7, 11) is 0. The van der Waals surface area contributed by atoms with Crippen LogP contribution in [0.3, 0.4) is 0 Å². The number of thiazole rings is 1. The van der Waals surface area contributed by atoms with E-state index in [0.29, 0.717) is 50.2 Å². The van der Waals surface area contributed by atoms with Gasteiger partial charge in [0, 0.05) is 25.6 Å². The van der Waals surface area contributed by atoms with E-state index in [2.05, 4.69) is 9.97 Å². The van der Waals surface area contributed by atoms with Gasteiger partial charge in [0.25, 0.3) is 0 Å². The van der Waals surface area contributed by atoms with E-state index >= 15 is 0 Å². The third-order valence-electron chi connectivity index (χ3n) is 6.00. The number of fused-ring (bicyclic) bond motifs is 1. The third kappa shape index (κ3) is 4.55. The van der Waals surface area contributed by atoms with Crippen molar-refractivity contribution in [3.8, 4) is 0 Å². The Balaban J connectivity index is 1.53. The van der Waals surface area contributed by atoms with E-state index in [1.807, 2.05) is 11.8 Å². The number of β-amino-alcohol motifs (C(OH)–C–C–N with tert-alkyl or cyclic N) is 1. The number of aliphatic hydroxyl groups excluding tert-OH is 2. The number of hydrogen-bond donors (Lipinski definition) is 2. The van der Waals surface area contributed by atoms with Crippen LogP contribution in [0.4, 0.5) is 13.2 Å². The van der Waals surface area contributed by atoms with Crippen molar-refractivity contribution in [3.05, 3.63) is 16.5 Å². The summed E-state index contributed by atoms with van der Waals surface area (Å²) in [6.45, 7) is 3.32. The Labute approximate surface area is 170 Å². The fourth-order valence-corrected chi connectivity index (χ4v) is 5.48. The first-order chi connectivity index (χ1) is 13.7. The molecule has 1 saturated carbocycles. The lowest BCUT2D eigenvalue weighted by Gasteiger charge is -2.33. The molecule has 0 spiro atoms. The van der Waals surface area contributed by atoms with Gasteiger partial charge in [-0.25, -0.2) is 15.0 Å². The highest BCUT2D eigenvalue weighted by Gasteiger charge is 2.42. The van der Waals surface area contributed by atoms with Crippen LogP contribution in [0.25, 0.3) is 10.3 Å². The van der Waals surface area contributed by atoms with Gasteiger partial charge in [-0.05, 0) is 39.0 Å². The number of piperidine rings is 1. The predicted octanol–water partition coefficient (Wildman–Crippen LogP) is 3.16. The first-order valence-corrected chi connectivity index (χ1v) is 10.8. The molecule has 3 heterocycles. The van der Waals surface area contributed by atoms with Crippen LogP contribution in [0.2, 0.25) is 0 Å². The Morgan fingerprint density at radius 3 is 2.41 bits per heavy atom. The Bertz CT molecular complexity index is 867. The van der Waals surface area contributed by atoms with E-state index in [1.165, 1.54) is 11.3 Å². The Kier molecular flexibility index (Phi) is 5.80. The van der Waals surface area contributed by atoms with Gasteiger partial charge in [0.15, 0.2) is 0 Å². The lowest BCUT2D eigenvalue weighted by atomic mass is 9.82. The number of alkyl halides is 3. The monoisotopic (exact) mass is 430 g/mol. The van der Waals surface area contributed by atoms with Crippen molar-refractivity contribution in [3.63, 3.8) is 0 Å². The number of likely N-dealkylation sites (tertiary alicyclic amines) is 1. The van der Waals surface area contributed by atoms with Crippen LogP contribution in [-0.2, 0) is 6.54 Å². The van der Waals surface area contributed by atoms with Gasteiger partial charge in [0.1, 0.15) is 16.2 Å². The SMILES string of the molecule is Cc1nc(CN2CC[C@@H](O)[C@H](O)C2)c2nc(C3CCC(C(F)(F)F)CC3)sc2n1. The number of halogens is 3. The molecule has 1 saturated heterocycles. The van der Waals surface area contributed by atoms with Crippen molar-refractivity contribution >= 4 is 21.7 Å². The van der Waals surface area contributed by atoms with Crippen molar-refractivity contribution < 1.29 is 23.4 Å². The number of hydrogen-bond acceptors (Lipinski definition) is 7. The van der Waals surface area contributed by atoms with E-state index in [-0.39, 0.29) is 18.8 Å². The van der Waals surface area contributed by atoms with Crippen LogP contribution in [-0.4, -0.2) is 61.5 Å². The van der Waals surface area contributed by atoms with Crippen LogP contribution in [0, 0.1) is 12.8 Å². The zero-order chi connectivity index (χ0) is 20.8. The predicted molar refractivity (Wildman–Crippen MR) is 103 cm³/mol. The highest BCUT2D eigenvalue weighted by atomic mass is 32.1. The van der Waals surface area contributed by atoms with Crippen molar-refractivity contribution in [2.75, 3.05) is 13.1 Å². The minimum atomic E-state index is -4.11. The van der Waals surface area contributed by atoms with Crippen molar-refractivity contribution in [2.45, 2.75) is 69.9 Å². The van der Waals surface area contributed by atoms with Crippen LogP contribution < -0.4 is 0 Å².